The second kappa shape index (κ2) is 13.4. The van der Waals surface area contributed by atoms with Crippen LogP contribution in [0.2, 0.25) is 0 Å². The first kappa shape index (κ1) is 28.4. The number of nitrogens with zero attached hydrogens (tertiary/aromatic N) is 1. The third-order valence-electron chi connectivity index (χ3n) is 6.27. The molecule has 0 unspecified atom stereocenters. The van der Waals surface area contributed by atoms with E-state index in [4.69, 9.17) is 14.2 Å². The van der Waals surface area contributed by atoms with Crippen LogP contribution in [0.25, 0.3) is 17.0 Å². The highest BCUT2D eigenvalue weighted by Gasteiger charge is 2.17. The van der Waals surface area contributed by atoms with Gasteiger partial charge in [0.25, 0.3) is 5.56 Å². The molecule has 38 heavy (non-hydrogen) atoms. The minimum Gasteiger partial charge on any atom is -0.507 e. The summed E-state index contributed by atoms with van der Waals surface area (Å²) in [5.41, 5.74) is 0.963. The molecule has 0 radical (unpaired) electrons. The smallest absolute Gasteiger partial charge is 0.254 e. The molecule has 3 N–H and O–H groups in total. The van der Waals surface area contributed by atoms with E-state index in [0.717, 1.165) is 25.3 Å². The molecule has 2 aromatic carbocycles. The lowest BCUT2D eigenvalue weighted by Crippen LogP contribution is -2.17. The molecule has 9 heteroatoms. The first-order valence-electron chi connectivity index (χ1n) is 12.7. The number of phenols is 1. The zero-order valence-corrected chi connectivity index (χ0v) is 22.4. The number of carbonyl (C=O) groups is 1. The molecule has 0 aliphatic rings. The molecule has 0 aliphatic heterocycles. The maximum absolute atomic E-state index is 12.9. The van der Waals surface area contributed by atoms with Gasteiger partial charge in [0.15, 0.2) is 17.2 Å². The van der Waals surface area contributed by atoms with Crippen molar-refractivity contribution in [3.05, 3.63) is 52.3 Å². The summed E-state index contributed by atoms with van der Waals surface area (Å²) in [6, 6.07) is 7.58. The summed E-state index contributed by atoms with van der Waals surface area (Å²) in [5, 5.41) is 23.7. The van der Waals surface area contributed by atoms with Crippen molar-refractivity contribution in [2.75, 3.05) is 26.1 Å². The number of aryl methyl sites for hydroxylation is 1. The Kier molecular flexibility index (Phi) is 10.0. The fourth-order valence-corrected chi connectivity index (χ4v) is 4.17. The van der Waals surface area contributed by atoms with Crippen LogP contribution in [0.1, 0.15) is 51.0 Å². The largest absolute Gasteiger partial charge is 0.507 e. The molecule has 204 valence electrons. The van der Waals surface area contributed by atoms with Crippen molar-refractivity contribution in [1.82, 2.24) is 4.57 Å². The van der Waals surface area contributed by atoms with E-state index >= 15 is 0 Å². The molecule has 0 atom stereocenters. The average molecular weight is 525 g/mol. The number of ether oxygens (including phenoxy) is 3. The lowest BCUT2D eigenvalue weighted by molar-refractivity contribution is -0.111. The SMILES string of the molecule is CCCCCCCCOc1c(NC(=O)C=Cc2cc(OC)c(O)c(OC)c2)ccc2c(O)cc(=O)n(C)c12. The van der Waals surface area contributed by atoms with Crippen molar-refractivity contribution >= 4 is 28.6 Å². The number of unbranched alkanes of at least 4 members (excludes halogenated alkanes) is 5. The number of methoxy groups -OCH3 is 2. The topological polar surface area (TPSA) is 119 Å². The van der Waals surface area contributed by atoms with Gasteiger partial charge in [-0.15, -0.1) is 0 Å². The summed E-state index contributed by atoms with van der Waals surface area (Å²) in [6.45, 7) is 2.58. The highest BCUT2D eigenvalue weighted by molar-refractivity contribution is 6.05. The predicted octanol–water partition coefficient (Wildman–Crippen LogP) is 5.36. The van der Waals surface area contributed by atoms with Crippen LogP contribution in [0, 0.1) is 0 Å². The number of benzene rings is 2. The number of carbonyl (C=O) groups excluding carboxylic acids is 1. The van der Waals surface area contributed by atoms with Crippen LogP contribution >= 0.6 is 0 Å². The Balaban J connectivity index is 1.87. The van der Waals surface area contributed by atoms with Gasteiger partial charge in [0, 0.05) is 24.6 Å². The maximum atomic E-state index is 12.9. The molecule has 0 bridgehead atoms. The molecule has 0 saturated carbocycles. The van der Waals surface area contributed by atoms with Gasteiger partial charge in [-0.3, -0.25) is 9.59 Å². The predicted molar refractivity (Wildman–Crippen MR) is 149 cm³/mol. The molecule has 0 saturated heterocycles. The lowest BCUT2D eigenvalue weighted by atomic mass is 10.1. The van der Waals surface area contributed by atoms with E-state index in [0.29, 0.717) is 34.5 Å². The van der Waals surface area contributed by atoms with Crippen LogP contribution in [0.4, 0.5) is 5.69 Å². The van der Waals surface area contributed by atoms with Crippen molar-refractivity contribution in [2.24, 2.45) is 7.05 Å². The van der Waals surface area contributed by atoms with Crippen molar-refractivity contribution in [2.45, 2.75) is 45.4 Å². The standard InChI is InChI=1S/C29H36N2O7/c1-5-6-7-8-9-10-15-38-29-21(13-12-20-22(32)18-26(34)31(2)27(20)29)30-25(33)14-11-19-16-23(36-3)28(35)24(17-19)37-4/h11-14,16-18,32,35H,5-10,15H2,1-4H3,(H,30,33). The third-order valence-corrected chi connectivity index (χ3v) is 6.27. The quantitative estimate of drug-likeness (QED) is 0.203. The van der Waals surface area contributed by atoms with Crippen molar-refractivity contribution in [1.29, 1.82) is 0 Å². The highest BCUT2D eigenvalue weighted by atomic mass is 16.5. The van der Waals surface area contributed by atoms with Crippen LogP contribution in [-0.4, -0.2) is 41.5 Å². The van der Waals surface area contributed by atoms with Gasteiger partial charge in [-0.1, -0.05) is 39.0 Å². The summed E-state index contributed by atoms with van der Waals surface area (Å²) in [7, 11) is 4.44. The fourth-order valence-electron chi connectivity index (χ4n) is 4.17. The number of aromatic hydroxyl groups is 2. The van der Waals surface area contributed by atoms with Gasteiger partial charge in [-0.25, -0.2) is 0 Å². The fraction of sp³-hybridized carbons (Fsp3) is 0.379. The monoisotopic (exact) mass is 524 g/mol. The Morgan fingerprint density at radius 2 is 1.66 bits per heavy atom. The van der Waals surface area contributed by atoms with Gasteiger partial charge in [-0.05, 0) is 42.3 Å². The third kappa shape index (κ3) is 6.79. The van der Waals surface area contributed by atoms with Crippen molar-refractivity contribution in [3.63, 3.8) is 0 Å². The number of aromatic nitrogens is 1. The van der Waals surface area contributed by atoms with E-state index in [-0.39, 0.29) is 23.0 Å². The minimum absolute atomic E-state index is 0.131. The van der Waals surface area contributed by atoms with E-state index in [9.17, 15) is 19.8 Å². The molecule has 3 aromatic rings. The first-order valence-corrected chi connectivity index (χ1v) is 12.7. The summed E-state index contributed by atoms with van der Waals surface area (Å²) in [6.07, 6.45) is 9.40. The van der Waals surface area contributed by atoms with E-state index < -0.39 is 11.5 Å². The molecule has 1 heterocycles. The van der Waals surface area contributed by atoms with Crippen LogP contribution < -0.4 is 25.1 Å². The molecule has 0 aliphatic carbocycles. The number of nitrogens with one attached hydrogen (secondary N) is 1. The Labute approximate surface area is 222 Å². The van der Waals surface area contributed by atoms with Gasteiger partial charge < -0.3 is 34.3 Å². The molecule has 1 amide bonds. The zero-order chi connectivity index (χ0) is 27.7. The van der Waals surface area contributed by atoms with Gasteiger partial charge in [0.1, 0.15) is 5.75 Å². The summed E-state index contributed by atoms with van der Waals surface area (Å²) >= 11 is 0. The zero-order valence-electron chi connectivity index (χ0n) is 22.4. The molecule has 0 fully saturated rings. The molecule has 9 nitrogen and oxygen atoms in total. The average Bonchev–Trinajstić information content (AvgIpc) is 2.91. The van der Waals surface area contributed by atoms with Crippen LogP contribution in [0.5, 0.6) is 28.7 Å². The number of rotatable bonds is 13. The molecule has 0 spiro atoms. The van der Waals surface area contributed by atoms with E-state index in [1.165, 1.54) is 44.1 Å². The summed E-state index contributed by atoms with van der Waals surface area (Å²) < 4.78 is 17.8. The van der Waals surface area contributed by atoms with Gasteiger partial charge in [0.05, 0.1) is 32.0 Å². The number of hydrogen-bond acceptors (Lipinski definition) is 7. The lowest BCUT2D eigenvalue weighted by Gasteiger charge is -2.17. The van der Waals surface area contributed by atoms with E-state index in [2.05, 4.69) is 12.2 Å². The number of amides is 1. The molecule has 3 rings (SSSR count). The first-order chi connectivity index (χ1) is 18.3. The highest BCUT2D eigenvalue weighted by Crippen LogP contribution is 2.38. The van der Waals surface area contributed by atoms with Crippen molar-refractivity contribution < 1.29 is 29.2 Å². The number of hydrogen-bond donors (Lipinski definition) is 3. The molecule has 1 aromatic heterocycles. The van der Waals surface area contributed by atoms with Gasteiger partial charge in [0.2, 0.25) is 11.7 Å². The van der Waals surface area contributed by atoms with E-state index in [1.54, 1.807) is 37.4 Å². The number of phenolic OH excluding ortho intramolecular Hbond substituents is 1. The molecular formula is C29H36N2O7. The van der Waals surface area contributed by atoms with Gasteiger partial charge >= 0.3 is 0 Å². The minimum atomic E-state index is -0.440. The normalized spacial score (nSPS) is 11.2. The molecular weight excluding hydrogens is 488 g/mol. The number of anilines is 1. The summed E-state index contributed by atoms with van der Waals surface area (Å²) in [4.78, 5) is 25.3. The van der Waals surface area contributed by atoms with Crippen molar-refractivity contribution in [3.8, 4) is 28.7 Å². The Morgan fingerprint density at radius 3 is 2.32 bits per heavy atom. The second-order valence-corrected chi connectivity index (χ2v) is 8.98. The van der Waals surface area contributed by atoms with E-state index in [1.807, 2.05) is 0 Å². The second-order valence-electron chi connectivity index (χ2n) is 8.98. The Bertz CT molecular complexity index is 1340. The Hall–Kier alpha value is -4.14. The van der Waals surface area contributed by atoms with Crippen LogP contribution in [0.3, 0.4) is 0 Å². The Morgan fingerprint density at radius 1 is 1.00 bits per heavy atom. The number of fused-ring (bicyclic) bond motifs is 1. The number of pyridine rings is 1. The maximum Gasteiger partial charge on any atom is 0.254 e. The summed E-state index contributed by atoms with van der Waals surface area (Å²) in [5.74, 6) is 0.0237. The van der Waals surface area contributed by atoms with Gasteiger partial charge in [-0.2, -0.15) is 0 Å². The van der Waals surface area contributed by atoms with Crippen LogP contribution in [-0.2, 0) is 11.8 Å². The van der Waals surface area contributed by atoms with Crippen LogP contribution in [0.15, 0.2) is 41.2 Å².